The zero-order valence-corrected chi connectivity index (χ0v) is 19.0. The maximum atomic E-state index is 12.6. The number of nitrogens with zero attached hydrogens (tertiary/aromatic N) is 1. The molecule has 0 aliphatic rings. The fourth-order valence-corrected chi connectivity index (χ4v) is 5.04. The van der Waals surface area contributed by atoms with Crippen LogP contribution in [0.15, 0.2) is 76.2 Å². The number of hydrogen-bond donors (Lipinski definition) is 1. The molecule has 0 aliphatic heterocycles. The van der Waals surface area contributed by atoms with Gasteiger partial charge in [0.2, 0.25) is 0 Å². The normalized spacial score (nSPS) is 10.9. The smallest absolute Gasteiger partial charge is 0.312 e. The van der Waals surface area contributed by atoms with E-state index in [1.54, 1.807) is 15.9 Å². The minimum atomic E-state index is -0.0855. The molecule has 2 aromatic carbocycles. The zero-order chi connectivity index (χ0) is 21.6. The summed E-state index contributed by atoms with van der Waals surface area (Å²) in [6, 6.07) is 19.6. The van der Waals surface area contributed by atoms with Crippen molar-refractivity contribution in [3.05, 3.63) is 97.1 Å². The van der Waals surface area contributed by atoms with Crippen LogP contribution in [0, 0.1) is 6.92 Å². The van der Waals surface area contributed by atoms with Crippen LogP contribution in [0.5, 0.6) is 0 Å². The van der Waals surface area contributed by atoms with Crippen LogP contribution in [0.25, 0.3) is 16.9 Å². The standard InChI is InChI=1S/C25H24N2O2S2/c1-18-7-4-10-21(15-18)27-23(17-31-25(27)29)19-8-5-9-20(16-19)24(28)26-13-3-2-11-22-12-6-14-30-22/h4-10,12,14-17H,2-3,11,13H2,1H3,(H,26,28). The molecule has 4 rings (SSSR count). The molecule has 0 bridgehead atoms. The lowest BCUT2D eigenvalue weighted by Crippen LogP contribution is -2.24. The summed E-state index contributed by atoms with van der Waals surface area (Å²) in [7, 11) is 0. The number of carbonyl (C=O) groups is 1. The predicted molar refractivity (Wildman–Crippen MR) is 130 cm³/mol. The molecular weight excluding hydrogens is 424 g/mol. The van der Waals surface area contributed by atoms with Crippen molar-refractivity contribution in [3.63, 3.8) is 0 Å². The lowest BCUT2D eigenvalue weighted by atomic mass is 10.1. The molecule has 0 saturated carbocycles. The molecular formula is C25H24N2O2S2. The second-order valence-electron chi connectivity index (χ2n) is 7.43. The maximum Gasteiger partial charge on any atom is 0.312 e. The van der Waals surface area contributed by atoms with Crippen molar-refractivity contribution in [2.75, 3.05) is 6.54 Å². The van der Waals surface area contributed by atoms with E-state index in [-0.39, 0.29) is 10.8 Å². The van der Waals surface area contributed by atoms with Crippen LogP contribution in [0.1, 0.15) is 33.6 Å². The largest absolute Gasteiger partial charge is 0.352 e. The van der Waals surface area contributed by atoms with Gasteiger partial charge in [-0.05, 0) is 67.5 Å². The van der Waals surface area contributed by atoms with Crippen LogP contribution in [-0.2, 0) is 6.42 Å². The summed E-state index contributed by atoms with van der Waals surface area (Å²) in [5.41, 5.74) is 4.18. The predicted octanol–water partition coefficient (Wildman–Crippen LogP) is 5.69. The third kappa shape index (κ3) is 5.21. The molecule has 2 heterocycles. The summed E-state index contributed by atoms with van der Waals surface area (Å²) < 4.78 is 1.71. The van der Waals surface area contributed by atoms with Crippen molar-refractivity contribution < 1.29 is 4.79 Å². The minimum Gasteiger partial charge on any atom is -0.352 e. The Labute approximate surface area is 189 Å². The molecule has 0 spiro atoms. The van der Waals surface area contributed by atoms with E-state index in [2.05, 4.69) is 22.8 Å². The molecule has 1 amide bonds. The van der Waals surface area contributed by atoms with Crippen LogP contribution < -0.4 is 10.2 Å². The molecule has 4 nitrogen and oxygen atoms in total. The van der Waals surface area contributed by atoms with Gasteiger partial charge in [0.1, 0.15) is 0 Å². The summed E-state index contributed by atoms with van der Waals surface area (Å²) >= 11 is 2.94. The molecule has 158 valence electrons. The van der Waals surface area contributed by atoms with E-state index in [0.717, 1.165) is 41.8 Å². The highest BCUT2D eigenvalue weighted by Crippen LogP contribution is 2.25. The van der Waals surface area contributed by atoms with Gasteiger partial charge in [-0.15, -0.1) is 11.3 Å². The average Bonchev–Trinajstić information content (AvgIpc) is 3.43. The molecule has 0 fully saturated rings. The zero-order valence-electron chi connectivity index (χ0n) is 17.3. The number of aryl methyl sites for hydroxylation is 2. The number of rotatable bonds is 8. The van der Waals surface area contributed by atoms with Crippen LogP contribution in [0.4, 0.5) is 0 Å². The number of benzene rings is 2. The number of hydrogen-bond acceptors (Lipinski definition) is 4. The van der Waals surface area contributed by atoms with Crippen molar-refractivity contribution in [1.82, 2.24) is 9.88 Å². The Hall–Kier alpha value is -2.96. The van der Waals surface area contributed by atoms with E-state index >= 15 is 0 Å². The first-order chi connectivity index (χ1) is 15.1. The molecule has 0 saturated heterocycles. The van der Waals surface area contributed by atoms with E-state index < -0.39 is 0 Å². The Morgan fingerprint density at radius 2 is 1.87 bits per heavy atom. The van der Waals surface area contributed by atoms with Gasteiger partial charge in [-0.1, -0.05) is 41.7 Å². The molecule has 6 heteroatoms. The summed E-state index contributed by atoms with van der Waals surface area (Å²) in [5.74, 6) is -0.0855. The maximum absolute atomic E-state index is 12.6. The Bertz CT molecular complexity index is 1220. The van der Waals surface area contributed by atoms with Gasteiger partial charge in [0.15, 0.2) is 0 Å². The number of nitrogens with one attached hydrogen (secondary N) is 1. The molecule has 2 aromatic heterocycles. The molecule has 0 atom stereocenters. The van der Waals surface area contributed by atoms with Crippen molar-refractivity contribution in [2.24, 2.45) is 0 Å². The first-order valence-corrected chi connectivity index (χ1v) is 12.1. The van der Waals surface area contributed by atoms with Gasteiger partial charge in [-0.25, -0.2) is 0 Å². The number of amides is 1. The molecule has 31 heavy (non-hydrogen) atoms. The number of thiazole rings is 1. The van der Waals surface area contributed by atoms with Gasteiger partial charge in [-0.3, -0.25) is 14.2 Å². The number of unbranched alkanes of at least 4 members (excludes halogenated alkanes) is 1. The second-order valence-corrected chi connectivity index (χ2v) is 9.29. The first-order valence-electron chi connectivity index (χ1n) is 10.3. The van der Waals surface area contributed by atoms with Gasteiger partial charge >= 0.3 is 4.87 Å². The summed E-state index contributed by atoms with van der Waals surface area (Å²) in [6.45, 7) is 2.66. The van der Waals surface area contributed by atoms with Gasteiger partial charge in [0, 0.05) is 27.9 Å². The van der Waals surface area contributed by atoms with Gasteiger partial charge in [0.05, 0.1) is 11.4 Å². The van der Waals surface area contributed by atoms with Gasteiger partial charge in [0.25, 0.3) is 5.91 Å². The highest BCUT2D eigenvalue weighted by atomic mass is 32.1. The molecule has 1 N–H and O–H groups in total. The highest BCUT2D eigenvalue weighted by molar-refractivity contribution is 7.09. The van der Waals surface area contributed by atoms with E-state index in [1.165, 1.54) is 16.2 Å². The van der Waals surface area contributed by atoms with Gasteiger partial charge in [-0.2, -0.15) is 0 Å². The molecule has 0 radical (unpaired) electrons. The lowest BCUT2D eigenvalue weighted by Gasteiger charge is -2.10. The summed E-state index contributed by atoms with van der Waals surface area (Å²) in [4.78, 5) is 26.5. The second kappa shape index (κ2) is 9.90. The van der Waals surface area contributed by atoms with Gasteiger partial charge < -0.3 is 5.32 Å². The Kier molecular flexibility index (Phi) is 6.79. The third-order valence-corrected chi connectivity index (χ3v) is 6.75. The van der Waals surface area contributed by atoms with E-state index in [0.29, 0.717) is 12.1 Å². The fourth-order valence-electron chi connectivity index (χ4n) is 3.52. The fraction of sp³-hybridized carbons (Fsp3) is 0.200. The summed E-state index contributed by atoms with van der Waals surface area (Å²) in [6.07, 6.45) is 3.05. The van der Waals surface area contributed by atoms with E-state index in [1.807, 2.05) is 60.8 Å². The Morgan fingerprint density at radius 3 is 2.68 bits per heavy atom. The minimum absolute atomic E-state index is 0.0406. The topological polar surface area (TPSA) is 51.1 Å². The summed E-state index contributed by atoms with van der Waals surface area (Å²) in [5, 5.41) is 6.96. The Balaban J connectivity index is 1.45. The Morgan fingerprint density at radius 1 is 1.00 bits per heavy atom. The third-order valence-electron chi connectivity index (χ3n) is 5.09. The average molecular weight is 449 g/mol. The number of aromatic nitrogens is 1. The molecule has 0 aliphatic carbocycles. The van der Waals surface area contributed by atoms with E-state index in [4.69, 9.17) is 0 Å². The number of thiophene rings is 1. The van der Waals surface area contributed by atoms with Crippen LogP contribution in [-0.4, -0.2) is 17.0 Å². The molecule has 4 aromatic rings. The lowest BCUT2D eigenvalue weighted by molar-refractivity contribution is 0.0953. The van der Waals surface area contributed by atoms with Crippen molar-refractivity contribution in [1.29, 1.82) is 0 Å². The highest BCUT2D eigenvalue weighted by Gasteiger charge is 2.13. The van der Waals surface area contributed by atoms with Crippen LogP contribution in [0.2, 0.25) is 0 Å². The quantitative estimate of drug-likeness (QED) is 0.352. The van der Waals surface area contributed by atoms with Crippen molar-refractivity contribution in [2.45, 2.75) is 26.2 Å². The van der Waals surface area contributed by atoms with Crippen molar-refractivity contribution >= 4 is 28.6 Å². The van der Waals surface area contributed by atoms with Crippen molar-refractivity contribution in [3.8, 4) is 16.9 Å². The number of carbonyl (C=O) groups excluding carboxylic acids is 1. The van der Waals surface area contributed by atoms with E-state index in [9.17, 15) is 9.59 Å². The van der Waals surface area contributed by atoms with Crippen LogP contribution >= 0.6 is 22.7 Å². The first kappa shape index (κ1) is 21.3. The monoisotopic (exact) mass is 448 g/mol. The molecule has 0 unspecified atom stereocenters. The van der Waals surface area contributed by atoms with Crippen LogP contribution in [0.3, 0.4) is 0 Å². The SMILES string of the molecule is Cc1cccc(-n2c(-c3cccc(C(=O)NCCCCc4cccs4)c3)csc2=O)c1.